The van der Waals surface area contributed by atoms with Crippen LogP contribution >= 0.6 is 0 Å². The quantitative estimate of drug-likeness (QED) is 0.700. The van der Waals surface area contributed by atoms with Gasteiger partial charge in [0, 0.05) is 7.11 Å². The van der Waals surface area contributed by atoms with Crippen LogP contribution in [0.15, 0.2) is 24.3 Å². The van der Waals surface area contributed by atoms with Crippen molar-refractivity contribution in [3.8, 4) is 5.75 Å². The van der Waals surface area contributed by atoms with Crippen molar-refractivity contribution in [2.24, 2.45) is 0 Å². The standard InChI is InChI=1S/C14H22O5/c1-11(8-17-2)18-9-13(16)10-19-14-5-3-4-12(6-14)7-15/h3-6,11,13,15-16H,7-10H2,1-2H3. The summed E-state index contributed by atoms with van der Waals surface area (Å²) in [7, 11) is 1.60. The lowest BCUT2D eigenvalue weighted by atomic mass is 10.2. The van der Waals surface area contributed by atoms with E-state index >= 15 is 0 Å². The van der Waals surface area contributed by atoms with E-state index < -0.39 is 6.10 Å². The highest BCUT2D eigenvalue weighted by Crippen LogP contribution is 2.13. The highest BCUT2D eigenvalue weighted by Gasteiger charge is 2.09. The van der Waals surface area contributed by atoms with Crippen molar-refractivity contribution in [3.63, 3.8) is 0 Å². The van der Waals surface area contributed by atoms with Crippen molar-refractivity contribution in [2.45, 2.75) is 25.7 Å². The molecule has 0 radical (unpaired) electrons. The highest BCUT2D eigenvalue weighted by molar-refractivity contribution is 5.27. The van der Waals surface area contributed by atoms with Crippen molar-refractivity contribution in [1.82, 2.24) is 0 Å². The second kappa shape index (κ2) is 8.87. The van der Waals surface area contributed by atoms with E-state index in [1.807, 2.05) is 6.92 Å². The Bertz CT molecular complexity index is 355. The predicted octanol–water partition coefficient (Wildman–Crippen LogP) is 0.970. The SMILES string of the molecule is COCC(C)OCC(O)COc1cccc(CO)c1. The maximum atomic E-state index is 9.71. The maximum Gasteiger partial charge on any atom is 0.119 e. The summed E-state index contributed by atoms with van der Waals surface area (Å²) in [4.78, 5) is 0. The molecule has 2 atom stereocenters. The van der Waals surface area contributed by atoms with E-state index in [4.69, 9.17) is 19.3 Å². The molecule has 1 rings (SSSR count). The zero-order chi connectivity index (χ0) is 14.1. The molecule has 0 amide bonds. The zero-order valence-corrected chi connectivity index (χ0v) is 11.4. The van der Waals surface area contributed by atoms with Crippen LogP contribution in [0.2, 0.25) is 0 Å². The van der Waals surface area contributed by atoms with Crippen molar-refractivity contribution in [2.75, 3.05) is 26.9 Å². The normalized spacial score (nSPS) is 14.1. The monoisotopic (exact) mass is 270 g/mol. The van der Waals surface area contributed by atoms with Crippen LogP contribution in [0.1, 0.15) is 12.5 Å². The van der Waals surface area contributed by atoms with Gasteiger partial charge in [0.25, 0.3) is 0 Å². The van der Waals surface area contributed by atoms with Crippen LogP contribution in [0.3, 0.4) is 0 Å². The minimum Gasteiger partial charge on any atom is -0.491 e. The number of aliphatic hydroxyl groups excluding tert-OH is 2. The molecule has 19 heavy (non-hydrogen) atoms. The topological polar surface area (TPSA) is 68.2 Å². The van der Waals surface area contributed by atoms with Crippen LogP contribution in [0, 0.1) is 0 Å². The van der Waals surface area contributed by atoms with Gasteiger partial charge in [0.15, 0.2) is 0 Å². The third-order valence-electron chi connectivity index (χ3n) is 2.50. The van der Waals surface area contributed by atoms with Gasteiger partial charge >= 0.3 is 0 Å². The molecule has 1 aromatic rings. The first kappa shape index (κ1) is 15.9. The van der Waals surface area contributed by atoms with Gasteiger partial charge in [-0.3, -0.25) is 0 Å². The Hall–Kier alpha value is -1.14. The van der Waals surface area contributed by atoms with Crippen molar-refractivity contribution in [3.05, 3.63) is 29.8 Å². The van der Waals surface area contributed by atoms with Gasteiger partial charge < -0.3 is 24.4 Å². The fourth-order valence-electron chi connectivity index (χ4n) is 1.53. The molecule has 0 fully saturated rings. The van der Waals surface area contributed by atoms with Crippen molar-refractivity contribution >= 4 is 0 Å². The Labute approximate surface area is 113 Å². The molecule has 0 aliphatic rings. The van der Waals surface area contributed by atoms with Crippen LogP contribution in [0.4, 0.5) is 0 Å². The van der Waals surface area contributed by atoms with E-state index in [1.54, 1.807) is 31.4 Å². The van der Waals surface area contributed by atoms with Crippen LogP contribution in [0.25, 0.3) is 0 Å². The Morgan fingerprint density at radius 2 is 2.00 bits per heavy atom. The summed E-state index contributed by atoms with van der Waals surface area (Å²) >= 11 is 0. The average molecular weight is 270 g/mol. The molecular weight excluding hydrogens is 248 g/mol. The fourth-order valence-corrected chi connectivity index (χ4v) is 1.53. The Balaban J connectivity index is 2.27. The molecule has 5 nitrogen and oxygen atoms in total. The number of hydrogen-bond acceptors (Lipinski definition) is 5. The summed E-state index contributed by atoms with van der Waals surface area (Å²) < 4.78 is 15.7. The lowest BCUT2D eigenvalue weighted by Gasteiger charge is -2.16. The Morgan fingerprint density at radius 1 is 1.21 bits per heavy atom. The minimum atomic E-state index is -0.697. The predicted molar refractivity (Wildman–Crippen MR) is 71.2 cm³/mol. The molecule has 0 spiro atoms. The van der Waals surface area contributed by atoms with Crippen molar-refractivity contribution < 1.29 is 24.4 Å². The molecular formula is C14H22O5. The van der Waals surface area contributed by atoms with Crippen LogP contribution in [0.5, 0.6) is 5.75 Å². The molecule has 0 heterocycles. The largest absolute Gasteiger partial charge is 0.491 e. The zero-order valence-electron chi connectivity index (χ0n) is 11.4. The summed E-state index contributed by atoms with van der Waals surface area (Å²) in [6.07, 6.45) is -0.755. The van der Waals surface area contributed by atoms with Gasteiger partial charge in [0.1, 0.15) is 18.5 Å². The number of methoxy groups -OCH3 is 1. The molecule has 108 valence electrons. The Morgan fingerprint density at radius 3 is 2.68 bits per heavy atom. The number of rotatable bonds is 9. The molecule has 0 aromatic heterocycles. The van der Waals surface area contributed by atoms with E-state index in [1.165, 1.54) is 0 Å². The van der Waals surface area contributed by atoms with Gasteiger partial charge in [-0.05, 0) is 24.6 Å². The molecule has 0 saturated heterocycles. The van der Waals surface area contributed by atoms with Crippen molar-refractivity contribution in [1.29, 1.82) is 0 Å². The Kier molecular flexibility index (Phi) is 7.43. The summed E-state index contributed by atoms with van der Waals surface area (Å²) in [5.41, 5.74) is 0.775. The third-order valence-corrected chi connectivity index (χ3v) is 2.50. The number of benzene rings is 1. The summed E-state index contributed by atoms with van der Waals surface area (Å²) in [5.74, 6) is 0.621. The van der Waals surface area contributed by atoms with E-state index in [-0.39, 0.29) is 25.9 Å². The second-order valence-corrected chi connectivity index (χ2v) is 4.37. The molecule has 5 heteroatoms. The highest BCUT2D eigenvalue weighted by atomic mass is 16.5. The lowest BCUT2D eigenvalue weighted by Crippen LogP contribution is -2.27. The van der Waals surface area contributed by atoms with Gasteiger partial charge in [0.2, 0.25) is 0 Å². The lowest BCUT2D eigenvalue weighted by molar-refractivity contribution is -0.0423. The molecule has 0 aliphatic heterocycles. The molecule has 1 aromatic carbocycles. The molecule has 2 N–H and O–H groups in total. The third kappa shape index (κ3) is 6.54. The number of ether oxygens (including phenoxy) is 3. The van der Waals surface area contributed by atoms with Gasteiger partial charge in [0.05, 0.1) is 25.9 Å². The fraction of sp³-hybridized carbons (Fsp3) is 0.571. The van der Waals surface area contributed by atoms with Crippen LogP contribution < -0.4 is 4.74 Å². The van der Waals surface area contributed by atoms with Gasteiger partial charge in [-0.25, -0.2) is 0 Å². The van der Waals surface area contributed by atoms with Gasteiger partial charge in [-0.1, -0.05) is 12.1 Å². The first-order chi connectivity index (χ1) is 9.15. The van der Waals surface area contributed by atoms with E-state index in [2.05, 4.69) is 0 Å². The minimum absolute atomic E-state index is 0.0304. The first-order valence-corrected chi connectivity index (χ1v) is 6.27. The van der Waals surface area contributed by atoms with Gasteiger partial charge in [-0.2, -0.15) is 0 Å². The van der Waals surface area contributed by atoms with E-state index in [9.17, 15) is 5.11 Å². The maximum absolute atomic E-state index is 9.71. The number of hydrogen-bond donors (Lipinski definition) is 2. The molecule has 2 unspecified atom stereocenters. The first-order valence-electron chi connectivity index (χ1n) is 6.27. The second-order valence-electron chi connectivity index (χ2n) is 4.37. The van der Waals surface area contributed by atoms with E-state index in [0.717, 1.165) is 5.56 Å². The smallest absolute Gasteiger partial charge is 0.119 e. The summed E-state index contributed by atoms with van der Waals surface area (Å²) in [6.45, 7) is 2.68. The summed E-state index contributed by atoms with van der Waals surface area (Å²) in [5, 5.41) is 18.7. The molecule has 0 aliphatic carbocycles. The average Bonchev–Trinajstić information content (AvgIpc) is 2.43. The summed E-state index contributed by atoms with van der Waals surface area (Å²) in [6, 6.07) is 7.12. The van der Waals surface area contributed by atoms with Gasteiger partial charge in [-0.15, -0.1) is 0 Å². The van der Waals surface area contributed by atoms with E-state index in [0.29, 0.717) is 12.4 Å². The van der Waals surface area contributed by atoms with Crippen LogP contribution in [-0.4, -0.2) is 49.4 Å². The molecule has 0 bridgehead atoms. The number of aliphatic hydroxyl groups is 2. The molecule has 0 saturated carbocycles. The van der Waals surface area contributed by atoms with Crippen LogP contribution in [-0.2, 0) is 16.1 Å².